The summed E-state index contributed by atoms with van der Waals surface area (Å²) in [6, 6.07) is 4.44. The summed E-state index contributed by atoms with van der Waals surface area (Å²) in [6.07, 6.45) is -0.0443. The average molecular weight is 254 g/mol. The average Bonchev–Trinajstić information content (AvgIpc) is 2.28. The van der Waals surface area contributed by atoms with Crippen molar-refractivity contribution in [2.24, 2.45) is 0 Å². The molecule has 0 bridgehead atoms. The van der Waals surface area contributed by atoms with Crippen molar-refractivity contribution in [3.63, 3.8) is 0 Å². The maximum atomic E-state index is 10.8. The van der Waals surface area contributed by atoms with Crippen LogP contribution in [0.25, 0.3) is 0 Å². The number of nitro groups is 1. The van der Waals surface area contributed by atoms with E-state index in [0.29, 0.717) is 24.7 Å². The van der Waals surface area contributed by atoms with Crippen LogP contribution in [0.15, 0.2) is 18.2 Å². The Bertz CT molecular complexity index is 407. The lowest BCUT2D eigenvalue weighted by Crippen LogP contribution is -2.16. The number of rotatable bonds is 7. The highest BCUT2D eigenvalue weighted by Crippen LogP contribution is 2.28. The summed E-state index contributed by atoms with van der Waals surface area (Å²) in [7, 11) is 1.81. The van der Waals surface area contributed by atoms with Crippen LogP contribution in [0.2, 0.25) is 0 Å². The molecule has 0 aliphatic carbocycles. The van der Waals surface area contributed by atoms with Gasteiger partial charge in [0.15, 0.2) is 0 Å². The largest absolute Gasteiger partial charge is 0.492 e. The molecule has 1 aromatic carbocycles. The highest BCUT2D eigenvalue weighted by atomic mass is 16.6. The molecule has 0 aromatic heterocycles. The van der Waals surface area contributed by atoms with Gasteiger partial charge in [0.05, 0.1) is 23.2 Å². The Morgan fingerprint density at radius 2 is 2.00 bits per heavy atom. The molecule has 18 heavy (non-hydrogen) atoms. The van der Waals surface area contributed by atoms with Gasteiger partial charge in [-0.15, -0.1) is 0 Å². The van der Waals surface area contributed by atoms with Gasteiger partial charge in [-0.3, -0.25) is 10.1 Å². The molecule has 0 aliphatic heterocycles. The molecule has 0 saturated heterocycles. The van der Waals surface area contributed by atoms with E-state index in [0.717, 1.165) is 0 Å². The minimum Gasteiger partial charge on any atom is -0.492 e. The Hall–Kier alpha value is -1.82. The summed E-state index contributed by atoms with van der Waals surface area (Å²) in [5.74, 6) is 0.883. The first kappa shape index (κ1) is 14.2. The summed E-state index contributed by atoms with van der Waals surface area (Å²) >= 11 is 0. The van der Waals surface area contributed by atoms with Gasteiger partial charge >= 0.3 is 0 Å². The maximum Gasteiger partial charge on any atom is 0.276 e. The van der Waals surface area contributed by atoms with Gasteiger partial charge in [0.1, 0.15) is 18.1 Å². The summed E-state index contributed by atoms with van der Waals surface area (Å²) in [4.78, 5) is 10.3. The molecule has 0 heterocycles. The Kier molecular flexibility index (Phi) is 5.38. The third kappa shape index (κ3) is 4.58. The highest BCUT2D eigenvalue weighted by molar-refractivity contribution is 5.46. The molecule has 6 nitrogen and oxygen atoms in total. The molecule has 0 unspecified atom stereocenters. The molecular weight excluding hydrogens is 236 g/mol. The van der Waals surface area contributed by atoms with Crippen LogP contribution >= 0.6 is 0 Å². The van der Waals surface area contributed by atoms with Crippen molar-refractivity contribution in [2.45, 2.75) is 20.0 Å². The van der Waals surface area contributed by atoms with Crippen molar-refractivity contribution >= 4 is 5.69 Å². The first-order chi connectivity index (χ1) is 8.52. The topological polar surface area (TPSA) is 73.6 Å². The number of likely N-dealkylation sites (N-methyl/N-ethyl adjacent to an activating group) is 1. The summed E-state index contributed by atoms with van der Waals surface area (Å²) in [5.41, 5.74) is -0.0346. The predicted molar refractivity (Wildman–Crippen MR) is 68.3 cm³/mol. The second-order valence-electron chi connectivity index (χ2n) is 4.04. The van der Waals surface area contributed by atoms with Gasteiger partial charge in [-0.05, 0) is 20.9 Å². The number of hydrogen-bond donors (Lipinski definition) is 1. The van der Waals surface area contributed by atoms with Crippen LogP contribution in [-0.4, -0.2) is 31.2 Å². The first-order valence-electron chi connectivity index (χ1n) is 5.76. The maximum absolute atomic E-state index is 10.8. The Morgan fingerprint density at radius 1 is 1.33 bits per heavy atom. The predicted octanol–water partition coefficient (Wildman–Crippen LogP) is 1.98. The minimum absolute atomic E-state index is 0.0346. The van der Waals surface area contributed by atoms with Gasteiger partial charge < -0.3 is 14.8 Å². The van der Waals surface area contributed by atoms with E-state index in [-0.39, 0.29) is 11.8 Å². The van der Waals surface area contributed by atoms with E-state index in [2.05, 4.69) is 5.32 Å². The van der Waals surface area contributed by atoms with Crippen LogP contribution in [0.1, 0.15) is 13.8 Å². The highest BCUT2D eigenvalue weighted by Gasteiger charge is 2.12. The standard InChI is InChI=1S/C12H18N2O4/c1-9(2)18-12-7-10(14(15)16)6-11(8-12)17-5-4-13-3/h6-9,13H,4-5H2,1-3H3. The molecule has 1 rings (SSSR count). The summed E-state index contributed by atoms with van der Waals surface area (Å²) < 4.78 is 10.9. The quantitative estimate of drug-likeness (QED) is 0.457. The SMILES string of the molecule is CNCCOc1cc(OC(C)C)cc([N+](=O)[O-])c1. The molecule has 100 valence electrons. The molecule has 0 amide bonds. The van der Waals surface area contributed by atoms with Crippen LogP contribution in [-0.2, 0) is 0 Å². The van der Waals surface area contributed by atoms with Gasteiger partial charge in [-0.25, -0.2) is 0 Å². The number of hydrogen-bond acceptors (Lipinski definition) is 5. The van der Waals surface area contributed by atoms with Crippen LogP contribution in [0.5, 0.6) is 11.5 Å². The molecule has 0 atom stereocenters. The molecule has 6 heteroatoms. The van der Waals surface area contributed by atoms with Gasteiger partial charge in [-0.2, -0.15) is 0 Å². The van der Waals surface area contributed by atoms with Crippen molar-refractivity contribution < 1.29 is 14.4 Å². The fourth-order valence-electron chi connectivity index (χ4n) is 1.36. The monoisotopic (exact) mass is 254 g/mol. The normalized spacial score (nSPS) is 10.4. The van der Waals surface area contributed by atoms with Crippen LogP contribution in [0.3, 0.4) is 0 Å². The fourth-order valence-corrected chi connectivity index (χ4v) is 1.36. The van der Waals surface area contributed by atoms with Gasteiger partial charge in [-0.1, -0.05) is 0 Å². The third-order valence-electron chi connectivity index (χ3n) is 2.07. The number of nitro benzene ring substituents is 1. The fraction of sp³-hybridized carbons (Fsp3) is 0.500. The minimum atomic E-state index is -0.460. The van der Waals surface area contributed by atoms with Gasteiger partial charge in [0, 0.05) is 12.6 Å². The molecule has 1 N–H and O–H groups in total. The van der Waals surface area contributed by atoms with E-state index < -0.39 is 4.92 Å². The molecular formula is C12H18N2O4. The number of benzene rings is 1. The Morgan fingerprint density at radius 3 is 2.56 bits per heavy atom. The lowest BCUT2D eigenvalue weighted by molar-refractivity contribution is -0.385. The van der Waals surface area contributed by atoms with Crippen LogP contribution in [0.4, 0.5) is 5.69 Å². The molecule has 0 spiro atoms. The molecule has 1 aromatic rings. The van der Waals surface area contributed by atoms with Gasteiger partial charge in [0.2, 0.25) is 0 Å². The van der Waals surface area contributed by atoms with Crippen molar-refractivity contribution in [1.82, 2.24) is 5.32 Å². The van der Waals surface area contributed by atoms with Gasteiger partial charge in [0.25, 0.3) is 5.69 Å². The number of nitrogens with zero attached hydrogens (tertiary/aromatic N) is 1. The third-order valence-corrected chi connectivity index (χ3v) is 2.07. The van der Waals surface area contributed by atoms with E-state index in [1.165, 1.54) is 12.1 Å². The van der Waals surface area contributed by atoms with Crippen molar-refractivity contribution in [3.8, 4) is 11.5 Å². The number of non-ortho nitro benzene ring substituents is 1. The van der Waals surface area contributed by atoms with E-state index in [9.17, 15) is 10.1 Å². The molecule has 0 radical (unpaired) electrons. The lowest BCUT2D eigenvalue weighted by atomic mass is 10.3. The zero-order valence-electron chi connectivity index (χ0n) is 10.8. The molecule has 0 aliphatic rings. The van der Waals surface area contributed by atoms with Crippen LogP contribution < -0.4 is 14.8 Å². The number of nitrogens with one attached hydrogen (secondary N) is 1. The Labute approximate surface area is 106 Å². The first-order valence-corrected chi connectivity index (χ1v) is 5.76. The van der Waals surface area contributed by atoms with Crippen molar-refractivity contribution in [3.05, 3.63) is 28.3 Å². The van der Waals surface area contributed by atoms with E-state index in [1.54, 1.807) is 6.07 Å². The number of ether oxygens (including phenoxy) is 2. The second-order valence-corrected chi connectivity index (χ2v) is 4.04. The summed E-state index contributed by atoms with van der Waals surface area (Å²) in [6.45, 7) is 4.84. The van der Waals surface area contributed by atoms with E-state index >= 15 is 0 Å². The lowest BCUT2D eigenvalue weighted by Gasteiger charge is -2.11. The summed E-state index contributed by atoms with van der Waals surface area (Å²) in [5, 5.41) is 13.7. The zero-order valence-corrected chi connectivity index (χ0v) is 10.8. The van der Waals surface area contributed by atoms with Crippen molar-refractivity contribution in [2.75, 3.05) is 20.2 Å². The van der Waals surface area contributed by atoms with E-state index in [4.69, 9.17) is 9.47 Å². The molecule has 0 fully saturated rings. The zero-order chi connectivity index (χ0) is 13.5. The van der Waals surface area contributed by atoms with E-state index in [1.807, 2.05) is 20.9 Å². The Balaban J connectivity index is 2.87. The van der Waals surface area contributed by atoms with Crippen molar-refractivity contribution in [1.29, 1.82) is 0 Å². The molecule has 0 saturated carbocycles. The smallest absolute Gasteiger partial charge is 0.276 e. The second kappa shape index (κ2) is 6.80. The van der Waals surface area contributed by atoms with Crippen LogP contribution in [0, 0.1) is 10.1 Å².